The van der Waals surface area contributed by atoms with Crippen molar-refractivity contribution in [3.8, 4) is 11.6 Å². The smallest absolute Gasteiger partial charge is 0.427 e. The molecule has 0 bridgehead atoms. The van der Waals surface area contributed by atoms with Gasteiger partial charge in [0.2, 0.25) is 33.3 Å². The maximum Gasteiger partial charge on any atom is 0.427 e. The third-order valence-electron chi connectivity index (χ3n) is 12.2. The summed E-state index contributed by atoms with van der Waals surface area (Å²) < 4.78 is 85.8. The van der Waals surface area contributed by atoms with E-state index in [9.17, 15) is 40.8 Å². The number of nitrogens with one attached hydrogen (secondary N) is 3. The van der Waals surface area contributed by atoms with Crippen molar-refractivity contribution in [2.24, 2.45) is 17.8 Å². The molecule has 1 unspecified atom stereocenters. The molecule has 0 spiro atoms. The number of carbonyl (C=O) groups is 4. The van der Waals surface area contributed by atoms with Gasteiger partial charge in [-0.1, -0.05) is 32.4 Å². The molecule has 2 saturated carbocycles. The van der Waals surface area contributed by atoms with E-state index in [1.165, 1.54) is 4.90 Å². The number of nitrogens with zero attached hydrogens (tertiary/aromatic N) is 2. The highest BCUT2D eigenvalue weighted by molar-refractivity contribution is 7.91. The molecule has 2 aromatic rings. The van der Waals surface area contributed by atoms with E-state index in [-0.39, 0.29) is 31.2 Å². The molecule has 0 radical (unpaired) electrons. The fourth-order valence-electron chi connectivity index (χ4n) is 7.90. The summed E-state index contributed by atoms with van der Waals surface area (Å²) in [5.41, 5.74) is -4.53. The number of carbonyl (C=O) groups excluding carboxylic acids is 4. The van der Waals surface area contributed by atoms with E-state index in [4.69, 9.17) is 14.2 Å². The van der Waals surface area contributed by atoms with Gasteiger partial charge in [0.25, 0.3) is 5.91 Å². The summed E-state index contributed by atoms with van der Waals surface area (Å²) in [5.74, 6) is -2.73. The molecule has 6 rings (SSSR count). The second kappa shape index (κ2) is 16.4. The number of benzene rings is 1. The topological polar surface area (TPSA) is 182 Å². The molecule has 2 aliphatic heterocycles. The third kappa shape index (κ3) is 9.26. The average molecular weight is 850 g/mol. The Kier molecular flexibility index (Phi) is 12.3. The van der Waals surface area contributed by atoms with E-state index in [2.05, 4.69) is 20.3 Å². The van der Waals surface area contributed by atoms with Crippen LogP contribution in [-0.2, 0) is 29.1 Å². The highest BCUT2D eigenvalue weighted by atomic mass is 32.2. The van der Waals surface area contributed by atoms with Gasteiger partial charge in [-0.3, -0.25) is 19.1 Å². The van der Waals surface area contributed by atoms with Gasteiger partial charge in [0.05, 0.1) is 17.9 Å². The lowest BCUT2D eigenvalue weighted by molar-refractivity contribution is -0.244. The zero-order valence-electron chi connectivity index (χ0n) is 34.2. The molecule has 3 N–H and O–H groups in total. The van der Waals surface area contributed by atoms with Crippen molar-refractivity contribution in [2.75, 3.05) is 13.2 Å². The highest BCUT2D eigenvalue weighted by Gasteiger charge is 2.63. The lowest BCUT2D eigenvalue weighted by Gasteiger charge is -2.35. The minimum Gasteiger partial charge on any atom is -0.494 e. The molecular formula is C41H54F3N5O9S. The Balaban J connectivity index is 1.36. The normalized spacial score (nSPS) is 29.1. The number of halogens is 3. The Labute approximate surface area is 342 Å². The van der Waals surface area contributed by atoms with Crippen molar-refractivity contribution in [1.29, 1.82) is 0 Å². The standard InChI is InChI=1S/C41H54F3N5O9S/c1-7-25-19-24(3)11-9-10-12-27-22-40(27,36(52)48-59(54,55)39(6)16-17-39)47-33(50)31-21-29(57-34-30-14-13-28(56-8-2)20-26(30)15-18-45-34)23-49(31)35(51)32(25)46-37(53)58-38(4,5)41(42,43)44/h10,12-15,18,20,24-25,27,29,31-32H,7-9,11,16-17,19,21-23H2,1-6H3,(H,46,53)(H,47,50)(H,48,52)/b12-10-/t24-,25-,27-,29-,31+,32?,40-/m1/s1. The van der Waals surface area contributed by atoms with E-state index in [0.717, 1.165) is 5.39 Å². The number of alkyl carbamates (subject to hydrolysis) is 1. The van der Waals surface area contributed by atoms with Gasteiger partial charge in [-0.05, 0) is 108 Å². The molecule has 324 valence electrons. The second-order valence-corrected chi connectivity index (χ2v) is 19.3. The Bertz CT molecular complexity index is 2090. The minimum absolute atomic E-state index is 0.0305. The SMILES string of the molecule is CCOc1ccc2c(O[C@@H]3C[C@H]4C(=O)N[C@]5(C(=O)NS(=O)(=O)C6(C)CC6)C[C@H]5/C=C\CC[C@@H](C)C[C@@H](CC)C(NC(=O)OC(C)(C)C(F)(F)F)C(=O)N4C3)nccc2c1. The van der Waals surface area contributed by atoms with Gasteiger partial charge in [-0.15, -0.1) is 0 Å². The lowest BCUT2D eigenvalue weighted by atomic mass is 9.85. The van der Waals surface area contributed by atoms with Crippen LogP contribution in [0.3, 0.4) is 0 Å². The van der Waals surface area contributed by atoms with Crippen LogP contribution in [0, 0.1) is 17.8 Å². The van der Waals surface area contributed by atoms with Gasteiger partial charge in [-0.25, -0.2) is 18.2 Å². The molecule has 1 aromatic carbocycles. The van der Waals surface area contributed by atoms with Gasteiger partial charge in [0.15, 0.2) is 0 Å². The van der Waals surface area contributed by atoms with Crippen molar-refractivity contribution in [3.63, 3.8) is 0 Å². The molecule has 3 heterocycles. The number of fused-ring (bicyclic) bond motifs is 3. The first kappa shape index (κ1) is 44.0. The number of ether oxygens (including phenoxy) is 3. The van der Waals surface area contributed by atoms with E-state index in [1.54, 1.807) is 44.3 Å². The summed E-state index contributed by atoms with van der Waals surface area (Å²) in [5, 5.41) is 6.62. The molecule has 1 aromatic heterocycles. The molecule has 2 aliphatic carbocycles. The van der Waals surface area contributed by atoms with Crippen molar-refractivity contribution in [1.82, 2.24) is 25.2 Å². The number of allylic oxidation sites excluding steroid dienone is 1. The number of sulfonamides is 1. The maximum atomic E-state index is 14.9. The predicted octanol–water partition coefficient (Wildman–Crippen LogP) is 5.69. The largest absolute Gasteiger partial charge is 0.494 e. The second-order valence-electron chi connectivity index (χ2n) is 17.1. The number of hydrogen-bond donors (Lipinski definition) is 3. The molecular weight excluding hydrogens is 796 g/mol. The van der Waals surface area contributed by atoms with Crippen LogP contribution in [-0.4, -0.2) is 95.5 Å². The first-order valence-electron chi connectivity index (χ1n) is 20.2. The Morgan fingerprint density at radius 1 is 1.10 bits per heavy atom. The zero-order chi connectivity index (χ0) is 43.1. The number of rotatable bonds is 10. The minimum atomic E-state index is -4.91. The Morgan fingerprint density at radius 3 is 2.49 bits per heavy atom. The van der Waals surface area contributed by atoms with Gasteiger partial charge in [0.1, 0.15) is 29.5 Å². The van der Waals surface area contributed by atoms with Gasteiger partial charge in [-0.2, -0.15) is 13.2 Å². The number of pyridine rings is 1. The predicted molar refractivity (Wildman–Crippen MR) is 211 cm³/mol. The fourth-order valence-corrected chi connectivity index (χ4v) is 9.21. The maximum absolute atomic E-state index is 14.9. The summed E-state index contributed by atoms with van der Waals surface area (Å²) >= 11 is 0. The monoisotopic (exact) mass is 849 g/mol. The zero-order valence-corrected chi connectivity index (χ0v) is 35.0. The Morgan fingerprint density at radius 2 is 1.83 bits per heavy atom. The van der Waals surface area contributed by atoms with E-state index < -0.39 is 85.9 Å². The molecule has 4 amide bonds. The van der Waals surface area contributed by atoms with Crippen LogP contribution in [0.25, 0.3) is 10.8 Å². The first-order chi connectivity index (χ1) is 27.6. The van der Waals surface area contributed by atoms with Crippen molar-refractivity contribution in [2.45, 2.75) is 133 Å². The van der Waals surface area contributed by atoms with Crippen LogP contribution in [0.1, 0.15) is 92.9 Å². The van der Waals surface area contributed by atoms with E-state index in [1.807, 2.05) is 26.0 Å². The van der Waals surface area contributed by atoms with Crippen molar-refractivity contribution in [3.05, 3.63) is 42.6 Å². The number of amides is 4. The van der Waals surface area contributed by atoms with E-state index >= 15 is 0 Å². The highest BCUT2D eigenvalue weighted by Crippen LogP contribution is 2.48. The summed E-state index contributed by atoms with van der Waals surface area (Å²) in [4.78, 5) is 62.3. The van der Waals surface area contributed by atoms with Crippen molar-refractivity contribution < 1.29 is 55.0 Å². The van der Waals surface area contributed by atoms with Crippen LogP contribution in [0.4, 0.5) is 18.0 Å². The molecule has 7 atom stereocenters. The van der Waals surface area contributed by atoms with Gasteiger partial charge < -0.3 is 29.7 Å². The van der Waals surface area contributed by atoms with Gasteiger partial charge in [0, 0.05) is 23.9 Å². The number of aromatic nitrogens is 1. The quantitative estimate of drug-likeness (QED) is 0.251. The summed E-state index contributed by atoms with van der Waals surface area (Å²) in [6, 6.07) is 4.39. The Hall–Kier alpha value is -4.61. The molecule has 18 heteroatoms. The molecule has 1 saturated heterocycles. The van der Waals surface area contributed by atoms with Crippen LogP contribution >= 0.6 is 0 Å². The molecule has 3 fully saturated rings. The van der Waals surface area contributed by atoms with Crippen LogP contribution in [0.5, 0.6) is 11.6 Å². The summed E-state index contributed by atoms with van der Waals surface area (Å²) in [6.45, 7) is 8.82. The average Bonchev–Trinajstić information content (AvgIpc) is 4.04. The summed E-state index contributed by atoms with van der Waals surface area (Å²) in [6.07, 6.45) is 0.647. The third-order valence-corrected chi connectivity index (χ3v) is 14.4. The van der Waals surface area contributed by atoms with Crippen molar-refractivity contribution >= 4 is 44.6 Å². The van der Waals surface area contributed by atoms with Crippen LogP contribution in [0.15, 0.2) is 42.6 Å². The fraction of sp³-hybridized carbons (Fsp3) is 0.634. The first-order valence-corrected chi connectivity index (χ1v) is 21.7. The molecule has 4 aliphatic rings. The molecule has 14 nitrogen and oxygen atoms in total. The van der Waals surface area contributed by atoms with E-state index in [0.29, 0.717) is 70.1 Å². The lowest BCUT2D eigenvalue weighted by Crippen LogP contribution is -2.60. The van der Waals surface area contributed by atoms with Gasteiger partial charge >= 0.3 is 12.3 Å². The summed E-state index contributed by atoms with van der Waals surface area (Å²) in [7, 11) is -4.08. The molecule has 59 heavy (non-hydrogen) atoms. The van der Waals surface area contributed by atoms with Crippen LogP contribution < -0.4 is 24.8 Å². The number of alkyl halides is 3. The van der Waals surface area contributed by atoms with Crippen LogP contribution in [0.2, 0.25) is 0 Å². The number of hydrogen-bond acceptors (Lipinski definition) is 10.